The first-order valence-corrected chi connectivity index (χ1v) is 12.9. The van der Waals surface area contributed by atoms with Gasteiger partial charge in [0.25, 0.3) is 0 Å². The fourth-order valence-corrected chi connectivity index (χ4v) is 7.21. The van der Waals surface area contributed by atoms with Crippen molar-refractivity contribution in [2.75, 3.05) is 0 Å². The Hall–Kier alpha value is -1.50. The fourth-order valence-electron chi connectivity index (χ4n) is 6.48. The SMILES string of the molecule is C[C@@H]1C(=O)O[C@@H](C)/C=C/C=C\[C@@H](C)[C@@H]2C=C[C@@H]3C[C@@](C)(O)[C@H](F)[C@@H](C)[C@H]3[C@]2(C)C(=O)C(Cl)(Cl)C1=O. The van der Waals surface area contributed by atoms with Crippen LogP contribution in [0.5, 0.6) is 0 Å². The largest absolute Gasteiger partial charge is 0.458 e. The lowest BCUT2D eigenvalue weighted by atomic mass is 9.48. The molecule has 0 saturated heterocycles. The number of fused-ring (bicyclic) bond motifs is 3. The highest BCUT2D eigenvalue weighted by Gasteiger charge is 2.64. The number of esters is 1. The van der Waals surface area contributed by atoms with Gasteiger partial charge in [0.15, 0.2) is 11.6 Å². The molecule has 35 heavy (non-hydrogen) atoms. The van der Waals surface area contributed by atoms with Crippen LogP contribution in [0.3, 0.4) is 0 Å². The highest BCUT2D eigenvalue weighted by Crippen LogP contribution is 2.59. The van der Waals surface area contributed by atoms with Gasteiger partial charge in [0.05, 0.1) is 5.60 Å². The molecule has 0 aromatic carbocycles. The minimum atomic E-state index is -2.54. The van der Waals surface area contributed by atoms with Crippen molar-refractivity contribution in [2.45, 2.75) is 70.2 Å². The monoisotopic (exact) mass is 528 g/mol. The normalized spacial score (nSPS) is 48.2. The molecule has 3 aliphatic rings. The fraction of sp³-hybridized carbons (Fsp3) is 0.667. The minimum absolute atomic E-state index is 0.119. The first kappa shape index (κ1) is 28.1. The Morgan fingerprint density at radius 1 is 1.00 bits per heavy atom. The number of alkyl halides is 3. The number of aliphatic hydroxyl groups is 1. The van der Waals surface area contributed by atoms with E-state index in [1.54, 1.807) is 32.9 Å². The number of hydrogen-bond acceptors (Lipinski definition) is 5. The molecule has 1 fully saturated rings. The first-order valence-electron chi connectivity index (χ1n) is 12.1. The van der Waals surface area contributed by atoms with Crippen molar-refractivity contribution < 1.29 is 28.6 Å². The quantitative estimate of drug-likeness (QED) is 0.202. The number of carbonyl (C=O) groups is 3. The van der Waals surface area contributed by atoms with E-state index in [2.05, 4.69) is 0 Å². The third kappa shape index (κ3) is 4.78. The molecule has 10 atom stereocenters. The first-order chi connectivity index (χ1) is 16.1. The second kappa shape index (κ2) is 9.75. The van der Waals surface area contributed by atoms with Gasteiger partial charge in [-0.05, 0) is 62.9 Å². The highest BCUT2D eigenvalue weighted by atomic mass is 35.5. The molecule has 0 radical (unpaired) electrons. The van der Waals surface area contributed by atoms with E-state index >= 15 is 4.39 Å². The Morgan fingerprint density at radius 2 is 1.60 bits per heavy atom. The summed E-state index contributed by atoms with van der Waals surface area (Å²) in [7, 11) is 0. The van der Waals surface area contributed by atoms with Gasteiger partial charge in [-0.15, -0.1) is 0 Å². The molecule has 0 bridgehead atoms. The number of ether oxygens (including phenoxy) is 1. The molecule has 0 amide bonds. The lowest BCUT2D eigenvalue weighted by molar-refractivity contribution is -0.162. The summed E-state index contributed by atoms with van der Waals surface area (Å²) in [6, 6.07) is 0. The van der Waals surface area contributed by atoms with Crippen LogP contribution in [0.4, 0.5) is 4.39 Å². The standard InChI is InChI=1S/C27H35Cl2FO5/c1-14-9-7-8-10-15(2)35-23(32)17(4)22(31)27(28,29)24(33)26(6)19(14)12-11-18-13-25(5,34)21(30)16(3)20(18)26/h7-12,14-21,34H,13H2,1-6H3/b9-7-,10-8+/t14-,15+,16+,17+,18-,19+,20-,21-,25-,26-/m1/s1. The van der Waals surface area contributed by atoms with E-state index in [4.69, 9.17) is 27.9 Å². The number of hydrogen-bond donors (Lipinski definition) is 1. The highest BCUT2D eigenvalue weighted by molar-refractivity contribution is 6.69. The van der Waals surface area contributed by atoms with Gasteiger partial charge in [-0.2, -0.15) is 0 Å². The molecule has 0 unspecified atom stereocenters. The van der Waals surface area contributed by atoms with Crippen LogP contribution < -0.4 is 0 Å². The Morgan fingerprint density at radius 3 is 2.23 bits per heavy atom. The van der Waals surface area contributed by atoms with Gasteiger partial charge >= 0.3 is 5.97 Å². The van der Waals surface area contributed by atoms with Crippen LogP contribution in [0, 0.1) is 40.9 Å². The summed E-state index contributed by atoms with van der Waals surface area (Å²) in [5.74, 6) is -6.22. The Bertz CT molecular complexity index is 971. The maximum absolute atomic E-state index is 15.4. The zero-order chi connectivity index (χ0) is 26.5. The van der Waals surface area contributed by atoms with E-state index in [-0.39, 0.29) is 18.3 Å². The summed E-state index contributed by atoms with van der Waals surface area (Å²) in [5, 5.41) is 10.7. The number of cyclic esters (lactones) is 1. The second-order valence-corrected chi connectivity index (χ2v) is 12.3. The van der Waals surface area contributed by atoms with Gasteiger partial charge < -0.3 is 9.84 Å². The maximum atomic E-state index is 15.4. The van der Waals surface area contributed by atoms with E-state index in [1.807, 2.05) is 31.2 Å². The summed E-state index contributed by atoms with van der Waals surface area (Å²) in [5.41, 5.74) is -2.91. The third-order valence-corrected chi connectivity index (χ3v) is 9.01. The molecule has 194 valence electrons. The van der Waals surface area contributed by atoms with Crippen LogP contribution in [-0.4, -0.2) is 44.9 Å². The van der Waals surface area contributed by atoms with E-state index in [1.165, 1.54) is 13.8 Å². The van der Waals surface area contributed by atoms with Crippen molar-refractivity contribution in [2.24, 2.45) is 40.9 Å². The number of allylic oxidation sites excluding steroid dienone is 5. The van der Waals surface area contributed by atoms with Crippen molar-refractivity contribution in [3.63, 3.8) is 0 Å². The molecule has 1 heterocycles. The summed E-state index contributed by atoms with van der Waals surface area (Å²) in [6.45, 7) is 9.73. The van der Waals surface area contributed by atoms with Crippen molar-refractivity contribution in [1.82, 2.24) is 0 Å². The van der Waals surface area contributed by atoms with E-state index in [0.29, 0.717) is 0 Å². The molecule has 1 saturated carbocycles. The third-order valence-electron chi connectivity index (χ3n) is 8.29. The summed E-state index contributed by atoms with van der Waals surface area (Å²) in [6.07, 6.45) is 8.90. The van der Waals surface area contributed by atoms with Crippen LogP contribution in [0.2, 0.25) is 0 Å². The summed E-state index contributed by atoms with van der Waals surface area (Å²) < 4.78 is 18.2. The lowest BCUT2D eigenvalue weighted by Crippen LogP contribution is -2.63. The molecule has 3 rings (SSSR count). The van der Waals surface area contributed by atoms with Crippen molar-refractivity contribution in [1.29, 1.82) is 0 Å². The van der Waals surface area contributed by atoms with Gasteiger partial charge in [-0.1, -0.05) is 74.4 Å². The van der Waals surface area contributed by atoms with E-state index < -0.39 is 68.8 Å². The molecule has 1 aliphatic heterocycles. The second-order valence-electron chi connectivity index (χ2n) is 11.0. The smallest absolute Gasteiger partial charge is 0.316 e. The Kier molecular flexibility index (Phi) is 7.82. The average Bonchev–Trinajstić information content (AvgIpc) is 2.77. The van der Waals surface area contributed by atoms with Crippen molar-refractivity contribution >= 4 is 40.7 Å². The van der Waals surface area contributed by atoms with Crippen LogP contribution in [-0.2, 0) is 19.1 Å². The maximum Gasteiger partial charge on any atom is 0.316 e. The Balaban J connectivity index is 2.21. The lowest BCUT2D eigenvalue weighted by Gasteiger charge is -2.57. The molecule has 2 aliphatic carbocycles. The molecular formula is C27H35Cl2FO5. The number of carbonyl (C=O) groups excluding carboxylic acids is 3. The molecule has 0 aromatic rings. The minimum Gasteiger partial charge on any atom is -0.458 e. The predicted octanol–water partition coefficient (Wildman–Crippen LogP) is 5.18. The van der Waals surface area contributed by atoms with Gasteiger partial charge in [0.2, 0.25) is 4.33 Å². The molecular weight excluding hydrogens is 494 g/mol. The predicted molar refractivity (Wildman–Crippen MR) is 134 cm³/mol. The van der Waals surface area contributed by atoms with Gasteiger partial charge in [-0.25, -0.2) is 4.39 Å². The van der Waals surface area contributed by atoms with Crippen LogP contribution >= 0.6 is 23.2 Å². The topological polar surface area (TPSA) is 80.7 Å². The number of halogens is 3. The zero-order valence-corrected chi connectivity index (χ0v) is 22.5. The number of rotatable bonds is 0. The molecule has 1 N–H and O–H groups in total. The Labute approximate surface area is 216 Å². The van der Waals surface area contributed by atoms with Crippen LogP contribution in [0.15, 0.2) is 36.5 Å². The zero-order valence-electron chi connectivity index (χ0n) is 21.0. The van der Waals surface area contributed by atoms with Crippen LogP contribution in [0.25, 0.3) is 0 Å². The van der Waals surface area contributed by atoms with Gasteiger partial charge in [0, 0.05) is 5.41 Å². The van der Waals surface area contributed by atoms with Crippen LogP contribution in [0.1, 0.15) is 48.0 Å². The average molecular weight is 529 g/mol. The summed E-state index contributed by atoms with van der Waals surface area (Å²) in [4.78, 5) is 40.2. The van der Waals surface area contributed by atoms with E-state index in [0.717, 1.165) is 0 Å². The molecule has 8 heteroatoms. The van der Waals surface area contributed by atoms with Gasteiger partial charge in [-0.3, -0.25) is 14.4 Å². The van der Waals surface area contributed by atoms with Gasteiger partial charge in [0.1, 0.15) is 18.2 Å². The van der Waals surface area contributed by atoms with Crippen molar-refractivity contribution in [3.8, 4) is 0 Å². The summed E-state index contributed by atoms with van der Waals surface area (Å²) >= 11 is 13.1. The number of ketones is 2. The van der Waals surface area contributed by atoms with E-state index in [9.17, 15) is 19.5 Å². The molecule has 0 aromatic heterocycles. The number of Topliss-reactive ketones (excluding diaryl/α,β-unsaturated/α-hetero) is 2. The van der Waals surface area contributed by atoms with Crippen molar-refractivity contribution in [3.05, 3.63) is 36.5 Å². The molecule has 0 spiro atoms. The molecule has 5 nitrogen and oxygen atoms in total.